The quantitative estimate of drug-likeness (QED) is 0.648. The Hall–Kier alpha value is -1.69. The maximum absolute atomic E-state index is 11.2. The summed E-state index contributed by atoms with van der Waals surface area (Å²) in [5.41, 5.74) is 6.97. The molecule has 6 heteroatoms. The van der Waals surface area contributed by atoms with Gasteiger partial charge in [0.2, 0.25) is 5.82 Å². The number of hydrogen-bond acceptors (Lipinski definition) is 5. The monoisotopic (exact) mass is 262 g/mol. The highest BCUT2D eigenvalue weighted by Gasteiger charge is 2.42. The third-order valence-corrected chi connectivity index (χ3v) is 4.20. The fourth-order valence-corrected chi connectivity index (χ4v) is 3.43. The van der Waals surface area contributed by atoms with Gasteiger partial charge in [0.1, 0.15) is 0 Å². The van der Waals surface area contributed by atoms with Crippen molar-refractivity contribution in [2.75, 3.05) is 4.90 Å². The van der Waals surface area contributed by atoms with Crippen LogP contribution in [0.4, 0.5) is 11.5 Å². The molecule has 2 aliphatic heterocycles. The van der Waals surface area contributed by atoms with Crippen LogP contribution >= 0.6 is 0 Å². The molecule has 0 aromatic carbocycles. The van der Waals surface area contributed by atoms with E-state index in [0.29, 0.717) is 17.9 Å². The second kappa shape index (κ2) is 4.45. The molecule has 1 aromatic rings. The Morgan fingerprint density at radius 2 is 2.00 bits per heavy atom. The van der Waals surface area contributed by atoms with E-state index in [9.17, 15) is 10.1 Å². The second-order valence-electron chi connectivity index (χ2n) is 5.58. The Morgan fingerprint density at radius 1 is 1.37 bits per heavy atom. The molecule has 0 radical (unpaired) electrons. The molecule has 102 valence electrons. The average molecular weight is 262 g/mol. The van der Waals surface area contributed by atoms with Crippen molar-refractivity contribution in [1.82, 2.24) is 4.98 Å². The summed E-state index contributed by atoms with van der Waals surface area (Å²) < 4.78 is 0. The lowest BCUT2D eigenvalue weighted by Gasteiger charge is -2.38. The molecule has 6 nitrogen and oxygen atoms in total. The molecule has 3 rings (SSSR count). The summed E-state index contributed by atoms with van der Waals surface area (Å²) in [4.78, 5) is 17.4. The van der Waals surface area contributed by atoms with Crippen molar-refractivity contribution in [2.45, 2.75) is 50.7 Å². The van der Waals surface area contributed by atoms with Gasteiger partial charge < -0.3 is 10.6 Å². The van der Waals surface area contributed by atoms with Crippen molar-refractivity contribution in [2.24, 2.45) is 5.73 Å². The number of piperidine rings is 1. The SMILES string of the molecule is Cc1ccc([N+](=O)[O-])c(N2C3CCC2CC(N)C3)n1. The fraction of sp³-hybridized carbons (Fsp3) is 0.615. The maximum Gasteiger partial charge on any atom is 0.311 e. The van der Waals surface area contributed by atoms with Crippen molar-refractivity contribution < 1.29 is 4.92 Å². The highest BCUT2D eigenvalue weighted by molar-refractivity contribution is 5.60. The molecule has 2 bridgehead atoms. The number of aromatic nitrogens is 1. The average Bonchev–Trinajstić information content (AvgIpc) is 2.61. The van der Waals surface area contributed by atoms with E-state index in [1.54, 1.807) is 12.1 Å². The number of hydrogen-bond donors (Lipinski definition) is 1. The van der Waals surface area contributed by atoms with Crippen molar-refractivity contribution >= 4 is 11.5 Å². The summed E-state index contributed by atoms with van der Waals surface area (Å²) >= 11 is 0. The molecule has 1 aromatic heterocycles. The van der Waals surface area contributed by atoms with Crippen LogP contribution in [-0.4, -0.2) is 28.0 Å². The minimum absolute atomic E-state index is 0.109. The van der Waals surface area contributed by atoms with Crippen LogP contribution in [0.5, 0.6) is 0 Å². The van der Waals surface area contributed by atoms with Gasteiger partial charge in [0.25, 0.3) is 0 Å². The van der Waals surface area contributed by atoms with E-state index >= 15 is 0 Å². The lowest BCUT2D eigenvalue weighted by Crippen LogP contribution is -2.48. The van der Waals surface area contributed by atoms with Crippen LogP contribution in [0.25, 0.3) is 0 Å². The molecule has 2 N–H and O–H groups in total. The van der Waals surface area contributed by atoms with Gasteiger partial charge in [0.05, 0.1) is 4.92 Å². The highest BCUT2D eigenvalue weighted by atomic mass is 16.6. The third kappa shape index (κ3) is 2.06. The normalized spacial score (nSPS) is 29.6. The Morgan fingerprint density at radius 3 is 2.58 bits per heavy atom. The predicted octanol–water partition coefficient (Wildman–Crippen LogP) is 1.76. The Bertz CT molecular complexity index is 505. The van der Waals surface area contributed by atoms with Crippen molar-refractivity contribution in [3.63, 3.8) is 0 Å². The lowest BCUT2D eigenvalue weighted by molar-refractivity contribution is -0.384. The molecular formula is C13H18N4O2. The number of rotatable bonds is 2. The molecule has 2 aliphatic rings. The summed E-state index contributed by atoms with van der Waals surface area (Å²) in [5.74, 6) is 0.532. The van der Waals surface area contributed by atoms with Crippen LogP contribution in [0.3, 0.4) is 0 Å². The van der Waals surface area contributed by atoms with E-state index in [1.165, 1.54) is 0 Å². The summed E-state index contributed by atoms with van der Waals surface area (Å²) in [7, 11) is 0. The van der Waals surface area contributed by atoms with Crippen LogP contribution in [0.2, 0.25) is 0 Å². The van der Waals surface area contributed by atoms with E-state index < -0.39 is 0 Å². The molecular weight excluding hydrogens is 244 g/mol. The van der Waals surface area contributed by atoms with Gasteiger partial charge in [-0.25, -0.2) is 4.98 Å². The minimum Gasteiger partial charge on any atom is -0.345 e. The zero-order valence-corrected chi connectivity index (χ0v) is 11.0. The molecule has 0 saturated carbocycles. The Balaban J connectivity index is 2.03. The third-order valence-electron chi connectivity index (χ3n) is 4.20. The first kappa shape index (κ1) is 12.3. The number of nitro groups is 1. The molecule has 19 heavy (non-hydrogen) atoms. The van der Waals surface area contributed by atoms with Gasteiger partial charge in [-0.15, -0.1) is 0 Å². The van der Waals surface area contributed by atoms with Gasteiger partial charge in [-0.2, -0.15) is 0 Å². The number of pyridine rings is 1. The predicted molar refractivity (Wildman–Crippen MR) is 72.1 cm³/mol. The van der Waals surface area contributed by atoms with Crippen LogP contribution < -0.4 is 10.6 Å². The first-order valence-corrected chi connectivity index (χ1v) is 6.72. The summed E-state index contributed by atoms with van der Waals surface area (Å²) in [6, 6.07) is 4.09. The van der Waals surface area contributed by atoms with Gasteiger partial charge >= 0.3 is 5.69 Å². The van der Waals surface area contributed by atoms with Gasteiger partial charge in [0.15, 0.2) is 0 Å². The standard InChI is InChI=1S/C13H18N4O2/c1-8-2-5-12(17(18)19)13(15-8)16-10-3-4-11(16)7-9(14)6-10/h2,5,9-11H,3-4,6-7,14H2,1H3. The second-order valence-corrected chi connectivity index (χ2v) is 5.58. The molecule has 0 spiro atoms. The molecule has 2 atom stereocenters. The zero-order chi connectivity index (χ0) is 13.6. The van der Waals surface area contributed by atoms with E-state index in [2.05, 4.69) is 9.88 Å². The van der Waals surface area contributed by atoms with E-state index in [4.69, 9.17) is 5.73 Å². The first-order valence-electron chi connectivity index (χ1n) is 6.72. The van der Waals surface area contributed by atoms with Gasteiger partial charge in [0, 0.05) is 29.9 Å². The van der Waals surface area contributed by atoms with Crippen molar-refractivity contribution in [1.29, 1.82) is 0 Å². The first-order chi connectivity index (χ1) is 9.06. The summed E-state index contributed by atoms with van der Waals surface area (Å²) in [6.07, 6.45) is 3.93. The largest absolute Gasteiger partial charge is 0.345 e. The summed E-state index contributed by atoms with van der Waals surface area (Å²) in [5, 5.41) is 11.2. The summed E-state index contributed by atoms with van der Waals surface area (Å²) in [6.45, 7) is 1.87. The number of aryl methyl sites for hydroxylation is 1. The maximum atomic E-state index is 11.2. The Kier molecular flexibility index (Phi) is 2.89. The topological polar surface area (TPSA) is 85.3 Å². The lowest BCUT2D eigenvalue weighted by atomic mass is 9.98. The van der Waals surface area contributed by atoms with Crippen LogP contribution in [0.1, 0.15) is 31.4 Å². The number of anilines is 1. The highest BCUT2D eigenvalue weighted by Crippen LogP contribution is 2.41. The van der Waals surface area contributed by atoms with Gasteiger partial charge in [-0.3, -0.25) is 10.1 Å². The number of nitrogens with two attached hydrogens (primary N) is 1. The molecule has 2 fully saturated rings. The number of nitrogens with zero attached hydrogens (tertiary/aromatic N) is 3. The minimum atomic E-state index is -0.338. The molecule has 2 unspecified atom stereocenters. The molecule has 3 heterocycles. The fourth-order valence-electron chi connectivity index (χ4n) is 3.43. The molecule has 0 amide bonds. The van der Waals surface area contributed by atoms with Crippen molar-refractivity contribution in [3.05, 3.63) is 27.9 Å². The van der Waals surface area contributed by atoms with Crippen LogP contribution in [0, 0.1) is 17.0 Å². The number of fused-ring (bicyclic) bond motifs is 2. The van der Waals surface area contributed by atoms with Crippen molar-refractivity contribution in [3.8, 4) is 0 Å². The van der Waals surface area contributed by atoms with Crippen LogP contribution in [0.15, 0.2) is 12.1 Å². The van der Waals surface area contributed by atoms with E-state index in [1.807, 2.05) is 6.92 Å². The Labute approximate surface area is 111 Å². The molecule has 0 aliphatic carbocycles. The smallest absolute Gasteiger partial charge is 0.311 e. The van der Waals surface area contributed by atoms with Gasteiger partial charge in [-0.1, -0.05) is 0 Å². The molecule has 2 saturated heterocycles. The van der Waals surface area contributed by atoms with E-state index in [-0.39, 0.29) is 16.7 Å². The van der Waals surface area contributed by atoms with E-state index in [0.717, 1.165) is 31.4 Å². The zero-order valence-electron chi connectivity index (χ0n) is 11.0. The van der Waals surface area contributed by atoms with Gasteiger partial charge in [-0.05, 0) is 38.7 Å². The van der Waals surface area contributed by atoms with Crippen LogP contribution in [-0.2, 0) is 0 Å².